The minimum atomic E-state index is -1.66. The van der Waals surface area contributed by atoms with Crippen molar-refractivity contribution in [3.63, 3.8) is 0 Å². The fourth-order valence-electron chi connectivity index (χ4n) is 4.25. The van der Waals surface area contributed by atoms with Crippen LogP contribution in [0.25, 0.3) is 16.8 Å². The maximum Gasteiger partial charge on any atom is 0.262 e. The fraction of sp³-hybridized carbons (Fsp3) is 0.462. The Hall–Kier alpha value is -3.00. The molecule has 0 aromatic heterocycles. The number of nitrogens with zero attached hydrogens (tertiary/aromatic N) is 2. The summed E-state index contributed by atoms with van der Waals surface area (Å²) in [5.41, 5.74) is 1.55. The second-order valence-electron chi connectivity index (χ2n) is 8.68. The summed E-state index contributed by atoms with van der Waals surface area (Å²) in [7, 11) is 0. The molecule has 1 saturated heterocycles. The molecule has 35 heavy (non-hydrogen) atoms. The first-order chi connectivity index (χ1) is 16.8. The Morgan fingerprint density at radius 1 is 1.09 bits per heavy atom. The number of carbonyl (C=O) groups excluding carboxylic acids is 1. The van der Waals surface area contributed by atoms with E-state index < -0.39 is 43.2 Å². The molecule has 1 aliphatic rings. The van der Waals surface area contributed by atoms with Crippen LogP contribution in [-0.2, 0) is 9.53 Å². The summed E-state index contributed by atoms with van der Waals surface area (Å²) in [6.07, 6.45) is -2.42. The summed E-state index contributed by atoms with van der Waals surface area (Å²) in [6.45, 7) is 5.66. The van der Waals surface area contributed by atoms with Crippen molar-refractivity contribution in [3.05, 3.63) is 47.5 Å². The Kier molecular flexibility index (Phi) is 9.20. The molecule has 0 radical (unpaired) electrons. The van der Waals surface area contributed by atoms with Gasteiger partial charge in [-0.25, -0.2) is 0 Å². The summed E-state index contributed by atoms with van der Waals surface area (Å²) in [6, 6.07) is 12.3. The quantitative estimate of drug-likeness (QED) is 0.265. The van der Waals surface area contributed by atoms with Crippen molar-refractivity contribution < 1.29 is 30.0 Å². The van der Waals surface area contributed by atoms with E-state index in [0.29, 0.717) is 5.56 Å². The van der Waals surface area contributed by atoms with Gasteiger partial charge in [-0.1, -0.05) is 32.0 Å². The zero-order valence-electron chi connectivity index (χ0n) is 20.0. The highest BCUT2D eigenvalue weighted by atomic mass is 16.6. The molecule has 2 aromatic carbocycles. The van der Waals surface area contributed by atoms with Gasteiger partial charge in [-0.15, -0.1) is 0 Å². The number of ether oxygens (including phenoxy) is 1. The molecule has 3 rings (SSSR count). The Labute approximate surface area is 204 Å². The lowest BCUT2D eigenvalue weighted by Crippen LogP contribution is -2.64. The summed E-state index contributed by atoms with van der Waals surface area (Å²) in [5.74, 6) is -0.834. The molecule has 0 aliphatic carbocycles. The first-order valence-corrected chi connectivity index (χ1v) is 11.8. The van der Waals surface area contributed by atoms with Gasteiger partial charge in [0.25, 0.3) is 5.91 Å². The van der Waals surface area contributed by atoms with Gasteiger partial charge < -0.3 is 35.4 Å². The van der Waals surface area contributed by atoms with Crippen molar-refractivity contribution in [2.75, 3.05) is 24.6 Å². The van der Waals surface area contributed by atoms with Crippen molar-refractivity contribution in [1.82, 2.24) is 5.32 Å². The normalized spacial score (nSPS) is 24.7. The van der Waals surface area contributed by atoms with E-state index in [-0.39, 0.29) is 5.57 Å². The number of amides is 1. The van der Waals surface area contributed by atoms with Gasteiger partial charge in [0, 0.05) is 18.8 Å². The molecule has 0 saturated carbocycles. The highest BCUT2D eigenvalue weighted by Gasteiger charge is 2.44. The number of rotatable bonds is 9. The molecule has 188 valence electrons. The van der Waals surface area contributed by atoms with Crippen LogP contribution in [0.1, 0.15) is 32.3 Å². The number of nitrogens with one attached hydrogen (secondary N) is 1. The summed E-state index contributed by atoms with van der Waals surface area (Å²) < 4.78 is 5.04. The Morgan fingerprint density at radius 2 is 1.74 bits per heavy atom. The molecule has 9 heteroatoms. The highest BCUT2D eigenvalue weighted by molar-refractivity contribution is 6.02. The first kappa shape index (κ1) is 26.6. The van der Waals surface area contributed by atoms with Crippen molar-refractivity contribution in [3.8, 4) is 6.07 Å². The molecule has 0 bridgehead atoms. The third-order valence-electron chi connectivity index (χ3n) is 6.07. The number of fused-ring (bicyclic) bond motifs is 1. The maximum atomic E-state index is 12.7. The van der Waals surface area contributed by atoms with E-state index in [1.54, 1.807) is 0 Å². The number of aliphatic hydroxyl groups is 4. The lowest BCUT2D eigenvalue weighted by Gasteiger charge is -2.40. The molecule has 9 nitrogen and oxygen atoms in total. The van der Waals surface area contributed by atoms with Crippen LogP contribution < -0.4 is 10.2 Å². The molecule has 1 amide bonds. The van der Waals surface area contributed by atoms with Gasteiger partial charge in [0.15, 0.2) is 6.29 Å². The van der Waals surface area contributed by atoms with Crippen LogP contribution in [-0.4, -0.2) is 76.7 Å². The van der Waals surface area contributed by atoms with Crippen LogP contribution in [0.15, 0.2) is 42.0 Å². The van der Waals surface area contributed by atoms with Crippen LogP contribution >= 0.6 is 0 Å². The third kappa shape index (κ3) is 6.17. The predicted octanol–water partition coefficient (Wildman–Crippen LogP) is 1.29. The predicted molar refractivity (Wildman–Crippen MR) is 132 cm³/mol. The van der Waals surface area contributed by atoms with Gasteiger partial charge in [-0.3, -0.25) is 4.79 Å². The summed E-state index contributed by atoms with van der Waals surface area (Å²) in [5, 5.41) is 53.4. The highest BCUT2D eigenvalue weighted by Crippen LogP contribution is 2.25. The topological polar surface area (TPSA) is 146 Å². The van der Waals surface area contributed by atoms with Crippen LogP contribution in [0.5, 0.6) is 0 Å². The molecule has 1 unspecified atom stereocenters. The van der Waals surface area contributed by atoms with Crippen LogP contribution in [0.4, 0.5) is 5.69 Å². The van der Waals surface area contributed by atoms with Crippen LogP contribution in [0, 0.1) is 11.3 Å². The van der Waals surface area contributed by atoms with E-state index in [2.05, 4.69) is 36.2 Å². The smallest absolute Gasteiger partial charge is 0.262 e. The fourth-order valence-corrected chi connectivity index (χ4v) is 4.25. The molecule has 1 heterocycles. The monoisotopic (exact) mass is 483 g/mol. The standard InChI is InChI=1S/C26H33N3O6/c1-3-9-29(10-4-2)20-8-7-17-11-16(5-6-18(17)13-20)12-19(14-27)25(33)28-22-24(32)23(31)21(15-30)35-26(22)34/h5-8,11-13,21-24,26,30-32,34H,3-4,9-10,15H2,1-2H3,(H,28,33)/b19-12+/t21-,22-,23-,24-,26?/m1/s1. The molecular formula is C26H33N3O6. The number of hydrogen-bond acceptors (Lipinski definition) is 8. The van der Waals surface area contributed by atoms with E-state index in [4.69, 9.17) is 4.74 Å². The number of anilines is 1. The number of hydrogen-bond donors (Lipinski definition) is 5. The minimum absolute atomic E-state index is 0.240. The van der Waals surface area contributed by atoms with E-state index in [9.17, 15) is 30.5 Å². The van der Waals surface area contributed by atoms with Gasteiger partial charge in [0.2, 0.25) is 0 Å². The van der Waals surface area contributed by atoms with Gasteiger partial charge in [-0.2, -0.15) is 5.26 Å². The summed E-state index contributed by atoms with van der Waals surface area (Å²) >= 11 is 0. The molecule has 2 aromatic rings. The second kappa shape index (κ2) is 12.1. The van der Waals surface area contributed by atoms with E-state index >= 15 is 0 Å². The van der Waals surface area contributed by atoms with E-state index in [1.807, 2.05) is 30.3 Å². The van der Waals surface area contributed by atoms with E-state index in [0.717, 1.165) is 42.4 Å². The molecule has 1 fully saturated rings. The van der Waals surface area contributed by atoms with Crippen molar-refractivity contribution in [2.24, 2.45) is 0 Å². The lowest BCUT2D eigenvalue weighted by molar-refractivity contribution is -0.253. The SMILES string of the molecule is CCCN(CCC)c1ccc2cc(/C=C(\C#N)C(=O)N[C@H]3C(O)O[C@H](CO)[C@@H](O)[C@@H]3O)ccc2c1. The molecule has 5 N–H and O–H groups in total. The summed E-state index contributed by atoms with van der Waals surface area (Å²) in [4.78, 5) is 15.0. The third-order valence-corrected chi connectivity index (χ3v) is 6.07. The Bertz CT molecular complexity index is 1090. The number of benzene rings is 2. The molecular weight excluding hydrogens is 450 g/mol. The largest absolute Gasteiger partial charge is 0.394 e. The van der Waals surface area contributed by atoms with Crippen molar-refractivity contribution in [1.29, 1.82) is 5.26 Å². The van der Waals surface area contributed by atoms with Gasteiger partial charge in [0.05, 0.1) is 6.61 Å². The zero-order chi connectivity index (χ0) is 25.5. The number of carbonyl (C=O) groups is 1. The molecule has 0 spiro atoms. The molecule has 5 atom stereocenters. The Morgan fingerprint density at radius 3 is 2.37 bits per heavy atom. The Balaban J connectivity index is 1.79. The average Bonchev–Trinajstić information content (AvgIpc) is 2.86. The zero-order valence-corrected chi connectivity index (χ0v) is 20.0. The lowest BCUT2D eigenvalue weighted by atomic mass is 9.96. The first-order valence-electron chi connectivity index (χ1n) is 11.8. The second-order valence-corrected chi connectivity index (χ2v) is 8.68. The average molecular weight is 484 g/mol. The van der Waals surface area contributed by atoms with Crippen LogP contribution in [0.3, 0.4) is 0 Å². The van der Waals surface area contributed by atoms with Gasteiger partial charge in [-0.05, 0) is 53.5 Å². The van der Waals surface area contributed by atoms with E-state index in [1.165, 1.54) is 6.08 Å². The van der Waals surface area contributed by atoms with Crippen molar-refractivity contribution >= 4 is 28.4 Å². The van der Waals surface area contributed by atoms with Gasteiger partial charge in [0.1, 0.15) is 36.0 Å². The van der Waals surface area contributed by atoms with Crippen LogP contribution in [0.2, 0.25) is 0 Å². The minimum Gasteiger partial charge on any atom is -0.394 e. The van der Waals surface area contributed by atoms with Gasteiger partial charge >= 0.3 is 0 Å². The van der Waals surface area contributed by atoms with Crippen molar-refractivity contribution in [2.45, 2.75) is 57.3 Å². The maximum absolute atomic E-state index is 12.7. The number of aliphatic hydroxyl groups excluding tert-OH is 4. The molecule has 1 aliphatic heterocycles. The number of nitriles is 1.